The van der Waals surface area contributed by atoms with Gasteiger partial charge in [0.15, 0.2) is 11.5 Å². The number of carbonyl (C=O) groups is 2. The summed E-state index contributed by atoms with van der Waals surface area (Å²) < 4.78 is 16.5. The fraction of sp³-hybridized carbons (Fsp3) is 0.333. The number of hydrogen-bond acceptors (Lipinski definition) is 5. The maximum absolute atomic E-state index is 13.2. The van der Waals surface area contributed by atoms with Crippen LogP contribution in [0.4, 0.5) is 4.79 Å². The molecule has 1 saturated heterocycles. The van der Waals surface area contributed by atoms with Gasteiger partial charge in [-0.05, 0) is 37.6 Å². The summed E-state index contributed by atoms with van der Waals surface area (Å²) in [5, 5.41) is 2.83. The van der Waals surface area contributed by atoms with Crippen LogP contribution in [0.15, 0.2) is 36.4 Å². The van der Waals surface area contributed by atoms with Crippen molar-refractivity contribution in [2.75, 3.05) is 20.3 Å². The highest BCUT2D eigenvalue weighted by Gasteiger charge is 2.49. The van der Waals surface area contributed by atoms with E-state index in [1.165, 1.54) is 4.90 Å². The number of urea groups is 1. The number of fused-ring (bicyclic) bond motifs is 1. The second-order valence-electron chi connectivity index (χ2n) is 7.12. The lowest BCUT2D eigenvalue weighted by Crippen LogP contribution is -2.41. The predicted molar refractivity (Wildman–Crippen MR) is 102 cm³/mol. The lowest BCUT2D eigenvalue weighted by atomic mass is 9.91. The molecule has 7 heteroatoms. The monoisotopic (exact) mass is 382 g/mol. The smallest absolute Gasteiger partial charge is 0.325 e. The number of nitrogens with one attached hydrogen (secondary N) is 1. The maximum Gasteiger partial charge on any atom is 0.325 e. The molecule has 3 amide bonds. The highest BCUT2D eigenvalue weighted by Crippen LogP contribution is 2.37. The van der Waals surface area contributed by atoms with Crippen LogP contribution in [0.2, 0.25) is 0 Å². The van der Waals surface area contributed by atoms with Crippen molar-refractivity contribution in [1.29, 1.82) is 0 Å². The van der Waals surface area contributed by atoms with Crippen molar-refractivity contribution in [2.45, 2.75) is 25.9 Å². The Morgan fingerprint density at radius 2 is 1.86 bits per heavy atom. The van der Waals surface area contributed by atoms with E-state index < -0.39 is 11.6 Å². The quantitative estimate of drug-likeness (QED) is 0.823. The van der Waals surface area contributed by atoms with Gasteiger partial charge in [0.2, 0.25) is 0 Å². The minimum atomic E-state index is -1.18. The molecule has 7 nitrogen and oxygen atoms in total. The van der Waals surface area contributed by atoms with Crippen LogP contribution in [-0.2, 0) is 16.9 Å². The van der Waals surface area contributed by atoms with Gasteiger partial charge in [0.05, 0.1) is 13.7 Å². The maximum atomic E-state index is 13.2. The molecule has 2 aromatic rings. The average Bonchev–Trinajstić information content (AvgIpc) is 2.92. The first-order valence-electron chi connectivity index (χ1n) is 9.10. The first kappa shape index (κ1) is 18.2. The Bertz CT molecular complexity index is 958. The summed E-state index contributed by atoms with van der Waals surface area (Å²) >= 11 is 0. The van der Waals surface area contributed by atoms with Gasteiger partial charge in [-0.3, -0.25) is 9.69 Å². The Morgan fingerprint density at radius 1 is 1.11 bits per heavy atom. The van der Waals surface area contributed by atoms with E-state index in [2.05, 4.69) is 5.32 Å². The summed E-state index contributed by atoms with van der Waals surface area (Å²) in [6, 6.07) is 10.5. The van der Waals surface area contributed by atoms with E-state index in [1.807, 2.05) is 25.1 Å². The van der Waals surface area contributed by atoms with E-state index in [9.17, 15) is 9.59 Å². The summed E-state index contributed by atoms with van der Waals surface area (Å²) in [6.07, 6.45) is 0. The van der Waals surface area contributed by atoms with Crippen LogP contribution in [0.25, 0.3) is 0 Å². The predicted octanol–water partition coefficient (Wildman–Crippen LogP) is 2.74. The Hall–Kier alpha value is -3.22. The summed E-state index contributed by atoms with van der Waals surface area (Å²) in [7, 11) is 1.57. The van der Waals surface area contributed by atoms with Crippen LogP contribution in [-0.4, -0.2) is 37.2 Å². The Kier molecular flexibility index (Phi) is 4.37. The third-order valence-corrected chi connectivity index (χ3v) is 5.16. The number of benzene rings is 2. The molecule has 4 rings (SSSR count). The van der Waals surface area contributed by atoms with Gasteiger partial charge >= 0.3 is 6.03 Å². The van der Waals surface area contributed by atoms with Crippen molar-refractivity contribution in [2.24, 2.45) is 0 Å². The van der Waals surface area contributed by atoms with E-state index in [0.717, 1.165) is 11.1 Å². The molecular weight excluding hydrogens is 360 g/mol. The number of ether oxygens (including phenoxy) is 3. The Morgan fingerprint density at radius 3 is 2.61 bits per heavy atom. The van der Waals surface area contributed by atoms with Gasteiger partial charge < -0.3 is 19.5 Å². The van der Waals surface area contributed by atoms with Crippen molar-refractivity contribution >= 4 is 11.9 Å². The van der Waals surface area contributed by atoms with Crippen molar-refractivity contribution in [3.8, 4) is 17.2 Å². The second-order valence-corrected chi connectivity index (χ2v) is 7.12. The highest BCUT2D eigenvalue weighted by atomic mass is 16.6. The lowest BCUT2D eigenvalue weighted by molar-refractivity contribution is -0.131. The Balaban J connectivity index is 1.64. The first-order chi connectivity index (χ1) is 13.4. The number of methoxy groups -OCH3 is 1. The van der Waals surface area contributed by atoms with Gasteiger partial charge in [0, 0.05) is 5.56 Å². The van der Waals surface area contributed by atoms with Gasteiger partial charge in [-0.25, -0.2) is 4.79 Å². The third-order valence-electron chi connectivity index (χ3n) is 5.16. The normalized spacial score (nSPS) is 20.9. The molecule has 146 valence electrons. The minimum Gasteiger partial charge on any atom is -0.496 e. The number of hydrogen-bond donors (Lipinski definition) is 1. The molecule has 0 spiro atoms. The van der Waals surface area contributed by atoms with E-state index in [-0.39, 0.29) is 12.5 Å². The van der Waals surface area contributed by atoms with Crippen molar-refractivity contribution in [3.05, 3.63) is 53.1 Å². The van der Waals surface area contributed by atoms with Crippen LogP contribution in [0.5, 0.6) is 17.2 Å². The summed E-state index contributed by atoms with van der Waals surface area (Å²) in [6.45, 7) is 4.73. The summed E-state index contributed by atoms with van der Waals surface area (Å²) in [4.78, 5) is 27.1. The molecule has 1 N–H and O–H groups in total. The van der Waals surface area contributed by atoms with Crippen LogP contribution >= 0.6 is 0 Å². The largest absolute Gasteiger partial charge is 0.496 e. The molecule has 0 radical (unpaired) electrons. The number of aryl methyl sites for hydroxylation is 1. The standard InChI is InChI=1S/C21H22N2O5/c1-13-4-6-16(26-3)14(10-13)12-23-19(24)21(2,22-20(23)25)15-5-7-17-18(11-15)28-9-8-27-17/h4-7,10-11H,8-9,12H2,1-3H3,(H,22,25)/t21-/m0/s1. The summed E-state index contributed by atoms with van der Waals surface area (Å²) in [5.41, 5.74) is 1.27. The summed E-state index contributed by atoms with van der Waals surface area (Å²) in [5.74, 6) is 1.53. The number of carbonyl (C=O) groups excluding carboxylic acids is 2. The zero-order valence-electron chi connectivity index (χ0n) is 16.1. The lowest BCUT2D eigenvalue weighted by Gasteiger charge is -2.25. The van der Waals surface area contributed by atoms with Gasteiger partial charge in [0.25, 0.3) is 5.91 Å². The van der Waals surface area contributed by atoms with Crippen molar-refractivity contribution in [3.63, 3.8) is 0 Å². The second kappa shape index (κ2) is 6.74. The highest BCUT2D eigenvalue weighted by molar-refractivity contribution is 6.07. The number of imide groups is 1. The number of amides is 3. The van der Waals surface area contributed by atoms with Crippen molar-refractivity contribution in [1.82, 2.24) is 10.2 Å². The molecule has 1 fully saturated rings. The van der Waals surface area contributed by atoms with E-state index >= 15 is 0 Å². The van der Waals surface area contributed by atoms with E-state index in [0.29, 0.717) is 36.0 Å². The third kappa shape index (κ3) is 2.93. The average molecular weight is 382 g/mol. The molecule has 1 atom stereocenters. The molecule has 2 aliphatic rings. The molecular formula is C21H22N2O5. The number of nitrogens with zero attached hydrogens (tertiary/aromatic N) is 1. The van der Waals surface area contributed by atoms with Gasteiger partial charge in [-0.2, -0.15) is 0 Å². The van der Waals surface area contributed by atoms with E-state index in [4.69, 9.17) is 14.2 Å². The zero-order valence-corrected chi connectivity index (χ0v) is 16.1. The fourth-order valence-corrected chi connectivity index (χ4v) is 3.59. The zero-order chi connectivity index (χ0) is 19.9. The SMILES string of the molecule is COc1ccc(C)cc1CN1C(=O)N[C@@](C)(c2ccc3c(c2)OCCO3)C1=O. The molecule has 2 aliphatic heterocycles. The molecule has 0 aromatic heterocycles. The van der Waals surface area contributed by atoms with Gasteiger partial charge in [-0.1, -0.05) is 23.8 Å². The fourth-order valence-electron chi connectivity index (χ4n) is 3.59. The molecule has 28 heavy (non-hydrogen) atoms. The topological polar surface area (TPSA) is 77.1 Å². The number of rotatable bonds is 4. The first-order valence-corrected chi connectivity index (χ1v) is 9.10. The molecule has 0 aliphatic carbocycles. The molecule has 0 saturated carbocycles. The van der Waals surface area contributed by atoms with Gasteiger partial charge in [0.1, 0.15) is 24.5 Å². The van der Waals surface area contributed by atoms with Crippen molar-refractivity contribution < 1.29 is 23.8 Å². The Labute approximate surface area is 163 Å². The van der Waals surface area contributed by atoms with Gasteiger partial charge in [-0.15, -0.1) is 0 Å². The van der Waals surface area contributed by atoms with Crippen LogP contribution < -0.4 is 19.5 Å². The molecule has 0 bridgehead atoms. The minimum absolute atomic E-state index is 0.135. The molecule has 2 aromatic carbocycles. The van der Waals surface area contributed by atoms with Crippen LogP contribution in [0.3, 0.4) is 0 Å². The molecule has 2 heterocycles. The molecule has 0 unspecified atom stereocenters. The van der Waals surface area contributed by atoms with E-state index in [1.54, 1.807) is 32.2 Å². The van der Waals surface area contributed by atoms with Crippen LogP contribution in [0, 0.1) is 6.92 Å². The van der Waals surface area contributed by atoms with Crippen LogP contribution in [0.1, 0.15) is 23.6 Å².